The molecule has 5 heteroatoms. The molecule has 1 aromatic rings. The minimum absolute atomic E-state index is 0.112. The molecule has 1 amide bonds. The molecule has 1 unspecified atom stereocenters. The van der Waals surface area contributed by atoms with E-state index in [9.17, 15) is 9.18 Å². The van der Waals surface area contributed by atoms with E-state index in [1.165, 1.54) is 19.2 Å². The zero-order chi connectivity index (χ0) is 13.5. The molecule has 0 aromatic heterocycles. The molecule has 2 N–H and O–H groups in total. The molecule has 4 nitrogen and oxygen atoms in total. The normalized spacial score (nSPS) is 12.0. The summed E-state index contributed by atoms with van der Waals surface area (Å²) < 4.78 is 18.2. The first-order chi connectivity index (χ1) is 8.52. The molecule has 0 fully saturated rings. The summed E-state index contributed by atoms with van der Waals surface area (Å²) in [5.41, 5.74) is 0.586. The van der Waals surface area contributed by atoms with Crippen LogP contribution in [0.3, 0.4) is 0 Å². The molecule has 0 bridgehead atoms. The van der Waals surface area contributed by atoms with E-state index in [0.717, 1.165) is 0 Å². The van der Waals surface area contributed by atoms with E-state index in [4.69, 9.17) is 9.84 Å². The number of aliphatic hydroxyl groups is 1. The number of ether oxygens (including phenoxy) is 1. The van der Waals surface area contributed by atoms with Gasteiger partial charge in [-0.2, -0.15) is 0 Å². The van der Waals surface area contributed by atoms with Crippen molar-refractivity contribution in [3.8, 4) is 5.75 Å². The van der Waals surface area contributed by atoms with Crippen LogP contribution in [-0.4, -0.2) is 30.8 Å². The molecule has 1 aromatic carbocycles. The second kappa shape index (κ2) is 6.96. The molecule has 1 atom stereocenters. The molecule has 0 aliphatic rings. The first-order valence-corrected chi connectivity index (χ1v) is 5.80. The molecule has 1 rings (SSSR count). The van der Waals surface area contributed by atoms with E-state index < -0.39 is 11.9 Å². The van der Waals surface area contributed by atoms with Gasteiger partial charge >= 0.3 is 0 Å². The average Bonchev–Trinajstić information content (AvgIpc) is 2.28. The lowest BCUT2D eigenvalue weighted by Gasteiger charge is -2.08. The number of rotatable bonds is 6. The van der Waals surface area contributed by atoms with Gasteiger partial charge in [-0.15, -0.1) is 0 Å². The molecule has 0 radical (unpaired) electrons. The van der Waals surface area contributed by atoms with Crippen molar-refractivity contribution in [3.63, 3.8) is 0 Å². The number of carbonyl (C=O) groups is 1. The Morgan fingerprint density at radius 3 is 2.83 bits per heavy atom. The third-order valence-electron chi connectivity index (χ3n) is 2.47. The molecular formula is C13H18FNO3. The Bertz CT molecular complexity index is 407. The Kier molecular flexibility index (Phi) is 5.58. The van der Waals surface area contributed by atoms with Crippen LogP contribution in [-0.2, 0) is 11.2 Å². The Labute approximate surface area is 106 Å². The number of aliphatic hydroxyl groups excluding tert-OH is 1. The van der Waals surface area contributed by atoms with Crippen LogP contribution in [0.25, 0.3) is 0 Å². The summed E-state index contributed by atoms with van der Waals surface area (Å²) in [5, 5.41) is 11.7. The van der Waals surface area contributed by atoms with Crippen molar-refractivity contribution >= 4 is 5.91 Å². The highest BCUT2D eigenvalue weighted by Gasteiger charge is 2.07. The number of hydrogen-bond acceptors (Lipinski definition) is 3. The van der Waals surface area contributed by atoms with Crippen LogP contribution in [0.1, 0.15) is 18.9 Å². The zero-order valence-electron chi connectivity index (χ0n) is 10.6. The lowest BCUT2D eigenvalue weighted by molar-refractivity contribution is -0.120. The number of carbonyl (C=O) groups excluding carboxylic acids is 1. The van der Waals surface area contributed by atoms with Crippen LogP contribution >= 0.6 is 0 Å². The van der Waals surface area contributed by atoms with E-state index in [2.05, 4.69) is 5.32 Å². The quantitative estimate of drug-likeness (QED) is 0.804. The van der Waals surface area contributed by atoms with Crippen molar-refractivity contribution in [2.75, 3.05) is 13.7 Å². The zero-order valence-corrected chi connectivity index (χ0v) is 10.6. The standard InChI is InChI=1S/C13H18FNO3/c1-9(16)5-6-15-13(17)8-10-3-4-12(18-2)11(14)7-10/h3-4,7,9,16H,5-6,8H2,1-2H3,(H,15,17). The molecule has 0 aliphatic heterocycles. The van der Waals surface area contributed by atoms with Gasteiger partial charge in [-0.05, 0) is 31.0 Å². The van der Waals surface area contributed by atoms with Gasteiger partial charge in [-0.1, -0.05) is 6.07 Å². The third kappa shape index (κ3) is 4.71. The summed E-state index contributed by atoms with van der Waals surface area (Å²) in [4.78, 5) is 11.5. The number of nitrogens with one attached hydrogen (secondary N) is 1. The highest BCUT2D eigenvalue weighted by atomic mass is 19.1. The van der Waals surface area contributed by atoms with Gasteiger partial charge in [-0.3, -0.25) is 4.79 Å². The fraction of sp³-hybridized carbons (Fsp3) is 0.462. The number of methoxy groups -OCH3 is 1. The molecule has 18 heavy (non-hydrogen) atoms. The summed E-state index contributed by atoms with van der Waals surface area (Å²) in [6, 6.07) is 4.43. The van der Waals surface area contributed by atoms with Crippen molar-refractivity contribution < 1.29 is 19.0 Å². The van der Waals surface area contributed by atoms with E-state index in [0.29, 0.717) is 18.5 Å². The lowest BCUT2D eigenvalue weighted by Crippen LogP contribution is -2.27. The summed E-state index contributed by atoms with van der Waals surface area (Å²) in [6.45, 7) is 2.07. The summed E-state index contributed by atoms with van der Waals surface area (Å²) in [6.07, 6.45) is 0.174. The van der Waals surface area contributed by atoms with Crippen LogP contribution in [0.2, 0.25) is 0 Å². The molecule has 0 spiro atoms. The van der Waals surface area contributed by atoms with Crippen molar-refractivity contribution in [1.29, 1.82) is 0 Å². The van der Waals surface area contributed by atoms with E-state index in [1.54, 1.807) is 13.0 Å². The maximum Gasteiger partial charge on any atom is 0.224 e. The number of halogens is 1. The fourth-order valence-electron chi connectivity index (χ4n) is 1.49. The highest BCUT2D eigenvalue weighted by Crippen LogP contribution is 2.17. The minimum atomic E-state index is -0.480. The first-order valence-electron chi connectivity index (χ1n) is 5.80. The molecule has 0 saturated heterocycles. The summed E-state index contributed by atoms with van der Waals surface area (Å²) in [5.74, 6) is -0.514. The SMILES string of the molecule is COc1ccc(CC(=O)NCCC(C)O)cc1F. The second-order valence-electron chi connectivity index (χ2n) is 4.13. The molecule has 0 saturated carbocycles. The molecule has 100 valence electrons. The average molecular weight is 255 g/mol. The molecular weight excluding hydrogens is 237 g/mol. The van der Waals surface area contributed by atoms with Crippen molar-refractivity contribution in [2.24, 2.45) is 0 Å². The number of hydrogen-bond donors (Lipinski definition) is 2. The maximum absolute atomic E-state index is 13.4. The van der Waals surface area contributed by atoms with Crippen LogP contribution in [0, 0.1) is 5.82 Å². The fourth-order valence-corrected chi connectivity index (χ4v) is 1.49. The second-order valence-corrected chi connectivity index (χ2v) is 4.13. The number of benzene rings is 1. The Balaban J connectivity index is 2.47. The highest BCUT2D eigenvalue weighted by molar-refractivity contribution is 5.78. The lowest BCUT2D eigenvalue weighted by atomic mass is 10.1. The Morgan fingerprint density at radius 1 is 1.56 bits per heavy atom. The van der Waals surface area contributed by atoms with Gasteiger partial charge < -0.3 is 15.2 Å². The third-order valence-corrected chi connectivity index (χ3v) is 2.47. The van der Waals surface area contributed by atoms with Crippen LogP contribution in [0.5, 0.6) is 5.75 Å². The van der Waals surface area contributed by atoms with Crippen LogP contribution in [0.4, 0.5) is 4.39 Å². The van der Waals surface area contributed by atoms with Crippen molar-refractivity contribution in [3.05, 3.63) is 29.6 Å². The van der Waals surface area contributed by atoms with Crippen molar-refractivity contribution in [1.82, 2.24) is 5.32 Å². The summed E-state index contributed by atoms with van der Waals surface area (Å²) >= 11 is 0. The van der Waals surface area contributed by atoms with E-state index in [-0.39, 0.29) is 18.1 Å². The first kappa shape index (κ1) is 14.4. The van der Waals surface area contributed by atoms with Gasteiger partial charge in [0, 0.05) is 6.54 Å². The van der Waals surface area contributed by atoms with E-state index >= 15 is 0 Å². The molecule has 0 heterocycles. The van der Waals surface area contributed by atoms with Gasteiger partial charge in [0.2, 0.25) is 5.91 Å². The minimum Gasteiger partial charge on any atom is -0.494 e. The van der Waals surface area contributed by atoms with E-state index in [1.807, 2.05) is 0 Å². The van der Waals surface area contributed by atoms with Crippen molar-refractivity contribution in [2.45, 2.75) is 25.9 Å². The monoisotopic (exact) mass is 255 g/mol. The van der Waals surface area contributed by atoms with Crippen LogP contribution in [0.15, 0.2) is 18.2 Å². The summed E-state index contributed by atoms with van der Waals surface area (Å²) in [7, 11) is 1.39. The predicted molar refractivity (Wildman–Crippen MR) is 66.0 cm³/mol. The maximum atomic E-state index is 13.4. The van der Waals surface area contributed by atoms with Gasteiger partial charge in [0.05, 0.1) is 19.6 Å². The smallest absolute Gasteiger partial charge is 0.224 e. The van der Waals surface area contributed by atoms with Crippen LogP contribution < -0.4 is 10.1 Å². The van der Waals surface area contributed by atoms with Gasteiger partial charge in [0.15, 0.2) is 11.6 Å². The van der Waals surface area contributed by atoms with Gasteiger partial charge in [0.1, 0.15) is 0 Å². The Hall–Kier alpha value is -1.62. The Morgan fingerprint density at radius 2 is 2.28 bits per heavy atom. The van der Waals surface area contributed by atoms with Gasteiger partial charge in [0.25, 0.3) is 0 Å². The molecule has 0 aliphatic carbocycles. The topological polar surface area (TPSA) is 58.6 Å². The predicted octanol–water partition coefficient (Wildman–Crippen LogP) is 1.26. The van der Waals surface area contributed by atoms with Gasteiger partial charge in [-0.25, -0.2) is 4.39 Å². The largest absolute Gasteiger partial charge is 0.494 e. The number of amides is 1.